The highest BCUT2D eigenvalue weighted by Crippen LogP contribution is 2.21. The zero-order valence-corrected chi connectivity index (χ0v) is 8.92. The predicted molar refractivity (Wildman–Crippen MR) is 57.4 cm³/mol. The maximum atomic E-state index is 5.83. The summed E-state index contributed by atoms with van der Waals surface area (Å²) in [7, 11) is 0. The van der Waals surface area contributed by atoms with Crippen LogP contribution in [0.2, 0.25) is 4.34 Å². The number of thiophene rings is 1. The fraction of sp³-hybridized carbons (Fsp3) is 0.556. The van der Waals surface area contributed by atoms with Gasteiger partial charge in [0.2, 0.25) is 0 Å². The van der Waals surface area contributed by atoms with E-state index in [2.05, 4.69) is 16.7 Å². The van der Waals surface area contributed by atoms with E-state index in [-0.39, 0.29) is 0 Å². The summed E-state index contributed by atoms with van der Waals surface area (Å²) in [5.74, 6) is 0. The molecule has 72 valence electrons. The summed E-state index contributed by atoms with van der Waals surface area (Å²) < 4.78 is 0.876. The first-order chi connectivity index (χ1) is 6.34. The average Bonchev–Trinajstić information content (AvgIpc) is 2.71. The van der Waals surface area contributed by atoms with Crippen molar-refractivity contribution in [3.8, 4) is 0 Å². The Morgan fingerprint density at radius 2 is 2.54 bits per heavy atom. The molecule has 1 fully saturated rings. The molecule has 4 heteroatoms. The third-order valence-corrected chi connectivity index (χ3v) is 3.49. The summed E-state index contributed by atoms with van der Waals surface area (Å²) in [6, 6.07) is 4.68. The van der Waals surface area contributed by atoms with Gasteiger partial charge in [0, 0.05) is 24.0 Å². The van der Waals surface area contributed by atoms with Crippen LogP contribution in [0.5, 0.6) is 0 Å². The fourth-order valence-corrected chi connectivity index (χ4v) is 2.56. The average molecular weight is 217 g/mol. The molecule has 0 amide bonds. The Hall–Kier alpha value is -0.0900. The van der Waals surface area contributed by atoms with E-state index in [9.17, 15) is 0 Å². The van der Waals surface area contributed by atoms with E-state index in [0.717, 1.165) is 24.0 Å². The van der Waals surface area contributed by atoms with Crippen LogP contribution in [0, 0.1) is 0 Å². The molecule has 1 aromatic heterocycles. The number of rotatable bonds is 3. The monoisotopic (exact) mass is 216 g/mol. The van der Waals surface area contributed by atoms with E-state index < -0.39 is 0 Å². The Balaban J connectivity index is 1.78. The molecule has 1 aliphatic rings. The second-order valence-corrected chi connectivity index (χ2v) is 5.08. The van der Waals surface area contributed by atoms with Crippen LogP contribution in [0.25, 0.3) is 0 Å². The highest BCUT2D eigenvalue weighted by Gasteiger charge is 2.13. The third kappa shape index (κ3) is 2.68. The van der Waals surface area contributed by atoms with Gasteiger partial charge in [-0.1, -0.05) is 11.6 Å². The van der Waals surface area contributed by atoms with Gasteiger partial charge in [0.25, 0.3) is 0 Å². The molecule has 2 nitrogen and oxygen atoms in total. The minimum atomic E-state index is 0.640. The van der Waals surface area contributed by atoms with E-state index in [1.807, 2.05) is 6.07 Å². The zero-order chi connectivity index (χ0) is 9.10. The van der Waals surface area contributed by atoms with Gasteiger partial charge in [-0.25, -0.2) is 0 Å². The Kier molecular flexibility index (Phi) is 3.22. The highest BCUT2D eigenvalue weighted by molar-refractivity contribution is 7.16. The lowest BCUT2D eigenvalue weighted by Crippen LogP contribution is -2.30. The Morgan fingerprint density at radius 3 is 3.15 bits per heavy atom. The summed E-state index contributed by atoms with van der Waals surface area (Å²) in [4.78, 5) is 1.32. The Morgan fingerprint density at radius 1 is 1.62 bits per heavy atom. The third-order valence-electron chi connectivity index (χ3n) is 2.25. The quantitative estimate of drug-likeness (QED) is 0.806. The van der Waals surface area contributed by atoms with Crippen molar-refractivity contribution in [1.82, 2.24) is 10.6 Å². The van der Waals surface area contributed by atoms with Crippen LogP contribution in [0.15, 0.2) is 12.1 Å². The number of nitrogens with one attached hydrogen (secondary N) is 2. The summed E-state index contributed by atoms with van der Waals surface area (Å²) in [6.07, 6.45) is 1.24. The van der Waals surface area contributed by atoms with Gasteiger partial charge in [-0.3, -0.25) is 0 Å². The SMILES string of the molecule is Clc1ccc(CNC2CCNC2)s1. The molecule has 1 unspecified atom stereocenters. The van der Waals surface area contributed by atoms with E-state index in [4.69, 9.17) is 11.6 Å². The fourth-order valence-electron chi connectivity index (χ4n) is 1.52. The largest absolute Gasteiger partial charge is 0.315 e. The second kappa shape index (κ2) is 4.42. The summed E-state index contributed by atoms with van der Waals surface area (Å²) >= 11 is 7.49. The first-order valence-electron chi connectivity index (χ1n) is 4.53. The van der Waals surface area contributed by atoms with Crippen molar-refractivity contribution in [3.63, 3.8) is 0 Å². The molecule has 2 heterocycles. The van der Waals surface area contributed by atoms with Crippen LogP contribution in [0.4, 0.5) is 0 Å². The highest BCUT2D eigenvalue weighted by atomic mass is 35.5. The standard InChI is InChI=1S/C9H13ClN2S/c10-9-2-1-8(13-9)6-12-7-3-4-11-5-7/h1-2,7,11-12H,3-6H2. The van der Waals surface area contributed by atoms with Gasteiger partial charge >= 0.3 is 0 Å². The molecule has 0 spiro atoms. The van der Waals surface area contributed by atoms with Crippen LogP contribution in [-0.2, 0) is 6.54 Å². The van der Waals surface area contributed by atoms with E-state index in [1.165, 1.54) is 11.3 Å². The van der Waals surface area contributed by atoms with Gasteiger partial charge in [0.1, 0.15) is 0 Å². The van der Waals surface area contributed by atoms with E-state index >= 15 is 0 Å². The molecule has 0 radical (unpaired) electrons. The van der Waals surface area contributed by atoms with Crippen LogP contribution >= 0.6 is 22.9 Å². The normalized spacial score (nSPS) is 22.4. The van der Waals surface area contributed by atoms with Gasteiger partial charge in [-0.05, 0) is 25.1 Å². The minimum Gasteiger partial charge on any atom is -0.315 e. The topological polar surface area (TPSA) is 24.1 Å². The van der Waals surface area contributed by atoms with Crippen LogP contribution in [-0.4, -0.2) is 19.1 Å². The maximum Gasteiger partial charge on any atom is 0.0931 e. The molecule has 1 aliphatic heterocycles. The first kappa shape index (κ1) is 9.46. The number of hydrogen-bond donors (Lipinski definition) is 2. The number of hydrogen-bond acceptors (Lipinski definition) is 3. The number of halogens is 1. The van der Waals surface area contributed by atoms with Crippen molar-refractivity contribution in [2.75, 3.05) is 13.1 Å². The van der Waals surface area contributed by atoms with E-state index in [1.54, 1.807) is 11.3 Å². The molecule has 2 rings (SSSR count). The van der Waals surface area contributed by atoms with Gasteiger partial charge in [-0.15, -0.1) is 11.3 Å². The molecule has 0 saturated carbocycles. The van der Waals surface area contributed by atoms with Gasteiger partial charge in [-0.2, -0.15) is 0 Å². The van der Waals surface area contributed by atoms with Gasteiger partial charge < -0.3 is 10.6 Å². The molecule has 0 bridgehead atoms. The molecule has 1 saturated heterocycles. The smallest absolute Gasteiger partial charge is 0.0931 e. The molecule has 0 aliphatic carbocycles. The van der Waals surface area contributed by atoms with Crippen molar-refractivity contribution in [3.05, 3.63) is 21.3 Å². The maximum absolute atomic E-state index is 5.83. The molecular formula is C9H13ClN2S. The molecular weight excluding hydrogens is 204 g/mol. The summed E-state index contributed by atoms with van der Waals surface area (Å²) in [5.41, 5.74) is 0. The lowest BCUT2D eigenvalue weighted by atomic mass is 10.2. The van der Waals surface area contributed by atoms with Crippen molar-refractivity contribution in [2.45, 2.75) is 19.0 Å². The predicted octanol–water partition coefficient (Wildman–Crippen LogP) is 1.85. The lowest BCUT2D eigenvalue weighted by molar-refractivity contribution is 0.551. The van der Waals surface area contributed by atoms with Crippen LogP contribution in [0.3, 0.4) is 0 Å². The van der Waals surface area contributed by atoms with Crippen LogP contribution in [0.1, 0.15) is 11.3 Å². The van der Waals surface area contributed by atoms with Crippen molar-refractivity contribution >= 4 is 22.9 Å². The Bertz CT molecular complexity index is 268. The lowest BCUT2D eigenvalue weighted by Gasteiger charge is -2.09. The van der Waals surface area contributed by atoms with E-state index in [0.29, 0.717) is 6.04 Å². The molecule has 2 N–H and O–H groups in total. The Labute approximate surface area is 87.3 Å². The van der Waals surface area contributed by atoms with Crippen LogP contribution < -0.4 is 10.6 Å². The molecule has 1 aromatic rings. The minimum absolute atomic E-state index is 0.640. The first-order valence-corrected chi connectivity index (χ1v) is 5.72. The van der Waals surface area contributed by atoms with Crippen molar-refractivity contribution in [1.29, 1.82) is 0 Å². The van der Waals surface area contributed by atoms with Crippen molar-refractivity contribution in [2.24, 2.45) is 0 Å². The zero-order valence-electron chi connectivity index (χ0n) is 7.35. The summed E-state index contributed by atoms with van der Waals surface area (Å²) in [6.45, 7) is 3.19. The molecule has 1 atom stereocenters. The van der Waals surface area contributed by atoms with Gasteiger partial charge in [0.15, 0.2) is 0 Å². The second-order valence-electron chi connectivity index (χ2n) is 3.28. The van der Waals surface area contributed by atoms with Gasteiger partial charge in [0.05, 0.1) is 4.34 Å². The van der Waals surface area contributed by atoms with Crippen molar-refractivity contribution < 1.29 is 0 Å². The summed E-state index contributed by atoms with van der Waals surface area (Å²) in [5, 5.41) is 6.83. The molecule has 0 aromatic carbocycles. The molecule has 13 heavy (non-hydrogen) atoms.